The van der Waals surface area contributed by atoms with Gasteiger partial charge in [0.1, 0.15) is 28.2 Å². The number of aromatic nitrogens is 1. The summed E-state index contributed by atoms with van der Waals surface area (Å²) in [4.78, 5) is 34.1. The van der Waals surface area contributed by atoms with Gasteiger partial charge in [-0.15, -0.1) is 0 Å². The third-order valence-electron chi connectivity index (χ3n) is 5.98. The zero-order valence-electron chi connectivity index (χ0n) is 18.0. The van der Waals surface area contributed by atoms with E-state index >= 15 is 0 Å². The number of methoxy groups -OCH3 is 1. The van der Waals surface area contributed by atoms with E-state index in [-0.39, 0.29) is 11.5 Å². The number of benzene rings is 2. The predicted molar refractivity (Wildman–Crippen MR) is 124 cm³/mol. The molecule has 0 unspecified atom stereocenters. The highest BCUT2D eigenvalue weighted by Crippen LogP contribution is 2.29. The SMILES string of the molecule is COc1cccc2c(C)cc(N3CCN(C(=O)c4cc5ccccc5oc4=O)CC3)nc12. The van der Waals surface area contributed by atoms with Gasteiger partial charge in [-0.2, -0.15) is 0 Å². The number of carbonyl (C=O) groups excluding carboxylic acids is 1. The Morgan fingerprint density at radius 3 is 2.59 bits per heavy atom. The lowest BCUT2D eigenvalue weighted by Crippen LogP contribution is -2.49. The maximum absolute atomic E-state index is 13.0. The summed E-state index contributed by atoms with van der Waals surface area (Å²) >= 11 is 0. The van der Waals surface area contributed by atoms with Crippen molar-refractivity contribution in [1.29, 1.82) is 0 Å². The van der Waals surface area contributed by atoms with Gasteiger partial charge < -0.3 is 19.0 Å². The molecule has 1 amide bonds. The zero-order chi connectivity index (χ0) is 22.2. The largest absolute Gasteiger partial charge is 0.494 e. The number of para-hydroxylation sites is 2. The van der Waals surface area contributed by atoms with Gasteiger partial charge in [-0.05, 0) is 36.8 Å². The maximum atomic E-state index is 13.0. The first kappa shape index (κ1) is 20.1. The van der Waals surface area contributed by atoms with Crippen LogP contribution >= 0.6 is 0 Å². The molecule has 32 heavy (non-hydrogen) atoms. The first-order valence-electron chi connectivity index (χ1n) is 10.6. The number of hydrogen-bond acceptors (Lipinski definition) is 6. The first-order valence-corrected chi connectivity index (χ1v) is 10.6. The number of hydrogen-bond donors (Lipinski definition) is 0. The normalized spacial score (nSPS) is 14.2. The molecular formula is C25H23N3O4. The molecular weight excluding hydrogens is 406 g/mol. The highest BCUT2D eigenvalue weighted by atomic mass is 16.5. The quantitative estimate of drug-likeness (QED) is 0.463. The Balaban J connectivity index is 1.37. The zero-order valence-corrected chi connectivity index (χ0v) is 18.0. The van der Waals surface area contributed by atoms with E-state index in [1.54, 1.807) is 30.2 Å². The van der Waals surface area contributed by atoms with Crippen LogP contribution in [0.1, 0.15) is 15.9 Å². The molecule has 5 rings (SSSR count). The van der Waals surface area contributed by atoms with Gasteiger partial charge in [0.05, 0.1) is 7.11 Å². The summed E-state index contributed by atoms with van der Waals surface area (Å²) in [6.07, 6.45) is 0. The first-order chi connectivity index (χ1) is 15.5. The molecule has 1 fully saturated rings. The summed E-state index contributed by atoms with van der Waals surface area (Å²) in [7, 11) is 1.65. The molecule has 0 aliphatic carbocycles. The van der Waals surface area contributed by atoms with E-state index in [9.17, 15) is 9.59 Å². The maximum Gasteiger partial charge on any atom is 0.349 e. The number of nitrogens with zero attached hydrogens (tertiary/aromatic N) is 3. The summed E-state index contributed by atoms with van der Waals surface area (Å²) in [6.45, 7) is 4.30. The molecule has 1 aliphatic heterocycles. The van der Waals surface area contributed by atoms with Gasteiger partial charge in [0.15, 0.2) is 0 Å². The average molecular weight is 429 g/mol. The van der Waals surface area contributed by atoms with Crippen LogP contribution in [0.4, 0.5) is 5.82 Å². The van der Waals surface area contributed by atoms with Crippen molar-refractivity contribution in [2.75, 3.05) is 38.2 Å². The lowest BCUT2D eigenvalue weighted by Gasteiger charge is -2.35. The van der Waals surface area contributed by atoms with Crippen molar-refractivity contribution in [3.63, 3.8) is 0 Å². The minimum absolute atomic E-state index is 0.0709. The number of rotatable bonds is 3. The molecule has 0 saturated carbocycles. The Morgan fingerprint density at radius 1 is 1.03 bits per heavy atom. The lowest BCUT2D eigenvalue weighted by atomic mass is 10.1. The number of ether oxygens (including phenoxy) is 1. The van der Waals surface area contributed by atoms with Gasteiger partial charge in [-0.3, -0.25) is 4.79 Å². The summed E-state index contributed by atoms with van der Waals surface area (Å²) < 4.78 is 10.8. The summed E-state index contributed by atoms with van der Waals surface area (Å²) in [5, 5.41) is 1.80. The molecule has 2 aromatic heterocycles. The second-order valence-corrected chi connectivity index (χ2v) is 7.92. The molecule has 0 N–H and O–H groups in total. The third kappa shape index (κ3) is 3.45. The molecule has 0 atom stereocenters. The Kier molecular flexibility index (Phi) is 5.01. The van der Waals surface area contributed by atoms with E-state index < -0.39 is 5.63 Å². The van der Waals surface area contributed by atoms with E-state index in [1.165, 1.54) is 0 Å². The minimum atomic E-state index is -0.602. The van der Waals surface area contributed by atoms with Crippen LogP contribution < -0.4 is 15.3 Å². The molecule has 162 valence electrons. The topological polar surface area (TPSA) is 75.9 Å². The number of fused-ring (bicyclic) bond motifs is 2. The van der Waals surface area contributed by atoms with E-state index in [0.29, 0.717) is 31.8 Å². The standard InChI is InChI=1S/C25H23N3O4/c1-16-14-22(26-23-18(16)7-5-9-21(23)31-2)27-10-12-28(13-11-27)24(29)19-15-17-6-3-4-8-20(17)32-25(19)30/h3-9,14-15H,10-13H2,1-2H3. The van der Waals surface area contributed by atoms with E-state index in [4.69, 9.17) is 14.1 Å². The van der Waals surface area contributed by atoms with Crippen LogP contribution in [0.25, 0.3) is 21.9 Å². The van der Waals surface area contributed by atoms with Gasteiger partial charge >= 0.3 is 5.63 Å². The van der Waals surface area contributed by atoms with Crippen molar-refractivity contribution in [1.82, 2.24) is 9.88 Å². The van der Waals surface area contributed by atoms with Crippen molar-refractivity contribution in [3.8, 4) is 5.75 Å². The average Bonchev–Trinajstić information content (AvgIpc) is 2.83. The summed E-state index contributed by atoms with van der Waals surface area (Å²) in [5.41, 5.74) is 1.90. The molecule has 0 bridgehead atoms. The third-order valence-corrected chi connectivity index (χ3v) is 5.98. The molecule has 0 spiro atoms. The molecule has 1 saturated heterocycles. The van der Waals surface area contributed by atoms with Crippen molar-refractivity contribution in [3.05, 3.63) is 76.1 Å². The van der Waals surface area contributed by atoms with Crippen LogP contribution in [0, 0.1) is 6.92 Å². The minimum Gasteiger partial charge on any atom is -0.494 e. The monoisotopic (exact) mass is 429 g/mol. The second-order valence-electron chi connectivity index (χ2n) is 7.92. The van der Waals surface area contributed by atoms with Crippen molar-refractivity contribution in [2.24, 2.45) is 0 Å². The summed E-state index contributed by atoms with van der Waals surface area (Å²) in [6, 6.07) is 16.8. The van der Waals surface area contributed by atoms with Gasteiger partial charge in [0.2, 0.25) is 0 Å². The highest BCUT2D eigenvalue weighted by Gasteiger charge is 2.26. The molecule has 7 heteroatoms. The van der Waals surface area contributed by atoms with Gasteiger partial charge in [-0.1, -0.05) is 30.3 Å². The van der Waals surface area contributed by atoms with Gasteiger partial charge in [0, 0.05) is 37.0 Å². The molecule has 2 aromatic carbocycles. The number of anilines is 1. The van der Waals surface area contributed by atoms with Crippen LogP contribution in [-0.2, 0) is 0 Å². The molecule has 4 aromatic rings. The Labute approximate surface area is 184 Å². The smallest absolute Gasteiger partial charge is 0.349 e. The number of pyridine rings is 1. The number of amides is 1. The number of piperazine rings is 1. The fourth-order valence-electron chi connectivity index (χ4n) is 4.22. The number of aryl methyl sites for hydroxylation is 1. The molecule has 3 heterocycles. The van der Waals surface area contributed by atoms with Crippen LogP contribution in [0.5, 0.6) is 5.75 Å². The van der Waals surface area contributed by atoms with Crippen molar-refractivity contribution >= 4 is 33.6 Å². The Bertz CT molecular complexity index is 1390. The fraction of sp³-hybridized carbons (Fsp3) is 0.240. The van der Waals surface area contributed by atoms with E-state index in [2.05, 4.69) is 17.9 Å². The second kappa shape index (κ2) is 8.00. The lowest BCUT2D eigenvalue weighted by molar-refractivity contribution is 0.0742. The van der Waals surface area contributed by atoms with E-state index in [0.717, 1.165) is 33.4 Å². The fourth-order valence-corrected chi connectivity index (χ4v) is 4.22. The van der Waals surface area contributed by atoms with Gasteiger partial charge in [-0.25, -0.2) is 9.78 Å². The number of carbonyl (C=O) groups is 1. The van der Waals surface area contributed by atoms with Crippen LogP contribution in [0.3, 0.4) is 0 Å². The Hall–Kier alpha value is -3.87. The predicted octanol–water partition coefficient (Wildman–Crippen LogP) is 3.62. The highest BCUT2D eigenvalue weighted by molar-refractivity contribution is 5.96. The molecule has 7 nitrogen and oxygen atoms in total. The van der Waals surface area contributed by atoms with Crippen LogP contribution in [-0.4, -0.2) is 49.1 Å². The van der Waals surface area contributed by atoms with Crippen LogP contribution in [0.2, 0.25) is 0 Å². The van der Waals surface area contributed by atoms with Crippen molar-refractivity contribution < 1.29 is 13.9 Å². The van der Waals surface area contributed by atoms with E-state index in [1.807, 2.05) is 30.3 Å². The van der Waals surface area contributed by atoms with Crippen LogP contribution in [0.15, 0.2) is 63.8 Å². The molecule has 1 aliphatic rings. The Morgan fingerprint density at radius 2 is 1.81 bits per heavy atom. The summed E-state index contributed by atoms with van der Waals surface area (Å²) in [5.74, 6) is 1.30. The molecule has 0 radical (unpaired) electrons. The van der Waals surface area contributed by atoms with Crippen molar-refractivity contribution in [2.45, 2.75) is 6.92 Å². The van der Waals surface area contributed by atoms with Gasteiger partial charge in [0.25, 0.3) is 5.91 Å².